The maximum Gasteiger partial charge on any atom is 0.0541 e. The van der Waals surface area contributed by atoms with E-state index in [4.69, 9.17) is 0 Å². The van der Waals surface area contributed by atoms with Gasteiger partial charge in [-0.2, -0.15) is 0 Å². The highest BCUT2D eigenvalue weighted by molar-refractivity contribution is 6.27. The molecule has 0 amide bonds. The van der Waals surface area contributed by atoms with Crippen molar-refractivity contribution >= 4 is 54.1 Å². The van der Waals surface area contributed by atoms with Gasteiger partial charge in [-0.3, -0.25) is 0 Å². The highest BCUT2D eigenvalue weighted by atomic mass is 15.0. The Balaban J connectivity index is 0.00000136. The third-order valence-corrected chi connectivity index (χ3v) is 8.77. The molecule has 0 radical (unpaired) electrons. The summed E-state index contributed by atoms with van der Waals surface area (Å²) < 4.78 is 2.38. The second kappa shape index (κ2) is 10.2. The Hall–Kier alpha value is -5.40. The number of benzene rings is 8. The van der Waals surface area contributed by atoms with Crippen molar-refractivity contribution in [2.45, 2.75) is 13.8 Å². The summed E-state index contributed by atoms with van der Waals surface area (Å²) in [6, 6.07) is 55.5. The lowest BCUT2D eigenvalue weighted by atomic mass is 9.87. The van der Waals surface area contributed by atoms with Crippen LogP contribution in [0.15, 0.2) is 152 Å². The Morgan fingerprint density at radius 2 is 0.791 bits per heavy atom. The van der Waals surface area contributed by atoms with Crippen molar-refractivity contribution in [3.8, 4) is 27.9 Å². The van der Waals surface area contributed by atoms with E-state index in [1.165, 1.54) is 82.1 Å². The predicted octanol–water partition coefficient (Wildman–Crippen LogP) is 12.0. The van der Waals surface area contributed by atoms with Gasteiger partial charge in [-0.05, 0) is 78.8 Å². The van der Waals surface area contributed by atoms with Gasteiger partial charge in [0, 0.05) is 16.5 Å². The van der Waals surface area contributed by atoms with Gasteiger partial charge in [-0.1, -0.05) is 141 Å². The molecule has 8 aromatic carbocycles. The lowest BCUT2D eigenvalue weighted by Gasteiger charge is -2.17. The van der Waals surface area contributed by atoms with E-state index in [1.807, 2.05) is 13.8 Å². The van der Waals surface area contributed by atoms with E-state index >= 15 is 0 Å². The fourth-order valence-electron chi connectivity index (χ4n) is 6.91. The smallest absolute Gasteiger partial charge is 0.0541 e. The van der Waals surface area contributed by atoms with Crippen LogP contribution in [-0.4, -0.2) is 4.57 Å². The molecule has 0 N–H and O–H groups in total. The standard InChI is InChI=1S/C40H25N.C2H6/c1-2-8-26(9-3-1)31-22-16-28-19-25-36-32(23-17-29-18-24-35(31)39(28)40(29)36)27-14-20-30(21-15-27)41-37-12-6-4-10-33(37)34-11-5-7-13-38(34)41;1-2/h1-25H;1-2H3. The molecule has 0 unspecified atom stereocenters. The average molecular weight is 550 g/mol. The van der Waals surface area contributed by atoms with Crippen LogP contribution < -0.4 is 0 Å². The molecule has 0 spiro atoms. The van der Waals surface area contributed by atoms with Crippen molar-refractivity contribution in [2.75, 3.05) is 0 Å². The molecule has 9 aromatic rings. The SMILES string of the molecule is CC.c1ccc(-c2ccc3ccc4c(-c5ccc(-n6c7ccccc7c7ccccc76)cc5)ccc5ccc2c3c54)cc1. The fourth-order valence-corrected chi connectivity index (χ4v) is 6.91. The van der Waals surface area contributed by atoms with E-state index < -0.39 is 0 Å². The summed E-state index contributed by atoms with van der Waals surface area (Å²) in [6.45, 7) is 4.00. The summed E-state index contributed by atoms with van der Waals surface area (Å²) in [5, 5.41) is 10.5. The van der Waals surface area contributed by atoms with E-state index in [2.05, 4.69) is 156 Å². The number of para-hydroxylation sites is 2. The number of aromatic nitrogens is 1. The largest absolute Gasteiger partial charge is 0.309 e. The van der Waals surface area contributed by atoms with Crippen LogP contribution in [0.3, 0.4) is 0 Å². The monoisotopic (exact) mass is 549 g/mol. The van der Waals surface area contributed by atoms with Crippen LogP contribution in [0.25, 0.3) is 82.1 Å². The van der Waals surface area contributed by atoms with Crippen LogP contribution in [0.4, 0.5) is 0 Å². The highest BCUT2D eigenvalue weighted by Crippen LogP contribution is 2.42. The van der Waals surface area contributed by atoms with Crippen molar-refractivity contribution in [1.29, 1.82) is 0 Å². The van der Waals surface area contributed by atoms with Crippen LogP contribution >= 0.6 is 0 Å². The van der Waals surface area contributed by atoms with Crippen LogP contribution in [-0.2, 0) is 0 Å². The van der Waals surface area contributed by atoms with E-state index in [-0.39, 0.29) is 0 Å². The molecule has 1 aromatic heterocycles. The maximum atomic E-state index is 2.38. The molecule has 204 valence electrons. The number of fused-ring (bicyclic) bond motifs is 3. The summed E-state index contributed by atoms with van der Waals surface area (Å²) in [5.41, 5.74) is 8.69. The van der Waals surface area contributed by atoms with Gasteiger partial charge >= 0.3 is 0 Å². The van der Waals surface area contributed by atoms with Gasteiger partial charge in [0.15, 0.2) is 0 Å². The molecule has 1 nitrogen and oxygen atoms in total. The molecule has 0 bridgehead atoms. The van der Waals surface area contributed by atoms with Crippen LogP contribution in [0.1, 0.15) is 13.8 Å². The molecule has 1 heteroatoms. The molecule has 0 atom stereocenters. The van der Waals surface area contributed by atoms with E-state index in [0.717, 1.165) is 0 Å². The summed E-state index contributed by atoms with van der Waals surface area (Å²) in [6.07, 6.45) is 0. The Labute approximate surface area is 251 Å². The van der Waals surface area contributed by atoms with Gasteiger partial charge in [0.25, 0.3) is 0 Å². The Morgan fingerprint density at radius 3 is 1.33 bits per heavy atom. The number of rotatable bonds is 3. The van der Waals surface area contributed by atoms with Crippen molar-refractivity contribution in [2.24, 2.45) is 0 Å². The van der Waals surface area contributed by atoms with Crippen LogP contribution in [0, 0.1) is 0 Å². The summed E-state index contributed by atoms with van der Waals surface area (Å²) in [5.74, 6) is 0. The lowest BCUT2D eigenvalue weighted by molar-refractivity contribution is 1.18. The summed E-state index contributed by atoms with van der Waals surface area (Å²) in [7, 11) is 0. The normalized spacial score (nSPS) is 11.5. The first kappa shape index (κ1) is 25.3. The van der Waals surface area contributed by atoms with Crippen molar-refractivity contribution in [1.82, 2.24) is 4.57 Å². The number of hydrogen-bond acceptors (Lipinski definition) is 0. The molecule has 43 heavy (non-hydrogen) atoms. The van der Waals surface area contributed by atoms with Crippen molar-refractivity contribution < 1.29 is 0 Å². The van der Waals surface area contributed by atoms with Gasteiger partial charge in [-0.25, -0.2) is 0 Å². The lowest BCUT2D eigenvalue weighted by Crippen LogP contribution is -1.94. The predicted molar refractivity (Wildman–Crippen MR) is 187 cm³/mol. The quantitative estimate of drug-likeness (QED) is 0.193. The second-order valence-electron chi connectivity index (χ2n) is 10.9. The molecular formula is C42H31N. The fraction of sp³-hybridized carbons (Fsp3) is 0.0476. The zero-order valence-electron chi connectivity index (χ0n) is 24.4. The van der Waals surface area contributed by atoms with Crippen molar-refractivity contribution in [3.63, 3.8) is 0 Å². The van der Waals surface area contributed by atoms with Gasteiger partial charge in [0.2, 0.25) is 0 Å². The second-order valence-corrected chi connectivity index (χ2v) is 10.9. The molecule has 9 rings (SSSR count). The summed E-state index contributed by atoms with van der Waals surface area (Å²) in [4.78, 5) is 0. The van der Waals surface area contributed by atoms with E-state index in [9.17, 15) is 0 Å². The number of nitrogens with zero attached hydrogens (tertiary/aromatic N) is 1. The van der Waals surface area contributed by atoms with Crippen LogP contribution in [0.2, 0.25) is 0 Å². The minimum absolute atomic E-state index is 1.18. The average Bonchev–Trinajstić information content (AvgIpc) is 3.43. The van der Waals surface area contributed by atoms with Gasteiger partial charge in [0.05, 0.1) is 11.0 Å². The first-order chi connectivity index (χ1) is 21.3. The number of hydrogen-bond donors (Lipinski definition) is 0. The molecule has 0 aliphatic heterocycles. The van der Waals surface area contributed by atoms with Crippen molar-refractivity contribution in [3.05, 3.63) is 152 Å². The molecular weight excluding hydrogens is 518 g/mol. The van der Waals surface area contributed by atoms with E-state index in [1.54, 1.807) is 0 Å². The first-order valence-corrected chi connectivity index (χ1v) is 15.2. The van der Waals surface area contributed by atoms with Gasteiger partial charge in [0.1, 0.15) is 0 Å². The van der Waals surface area contributed by atoms with E-state index in [0.29, 0.717) is 0 Å². The molecule has 0 saturated heterocycles. The Bertz CT molecular complexity index is 2340. The maximum absolute atomic E-state index is 2.38. The molecule has 0 aliphatic rings. The Morgan fingerprint density at radius 1 is 0.349 bits per heavy atom. The molecule has 1 heterocycles. The zero-order valence-corrected chi connectivity index (χ0v) is 24.4. The van der Waals surface area contributed by atoms with Crippen LogP contribution in [0.5, 0.6) is 0 Å². The highest BCUT2D eigenvalue weighted by Gasteiger charge is 2.16. The third-order valence-electron chi connectivity index (χ3n) is 8.77. The molecule has 0 aliphatic carbocycles. The van der Waals surface area contributed by atoms with Gasteiger partial charge in [-0.15, -0.1) is 0 Å². The zero-order chi connectivity index (χ0) is 28.9. The first-order valence-electron chi connectivity index (χ1n) is 15.2. The molecule has 0 saturated carbocycles. The molecule has 0 fully saturated rings. The summed E-state index contributed by atoms with van der Waals surface area (Å²) >= 11 is 0. The third kappa shape index (κ3) is 3.86. The minimum atomic E-state index is 1.18. The Kier molecular flexibility index (Phi) is 5.98. The topological polar surface area (TPSA) is 4.93 Å². The van der Waals surface area contributed by atoms with Gasteiger partial charge < -0.3 is 4.57 Å². The minimum Gasteiger partial charge on any atom is -0.309 e.